The number of halogens is 1. The fraction of sp³-hybridized carbons (Fsp3) is 0.225. The molecule has 11 N–H and O–H groups in total. The molecule has 9 aromatic heterocycles. The zero-order valence-corrected chi connectivity index (χ0v) is 41.1. The minimum atomic E-state index is -0.707. The average Bonchev–Trinajstić information content (AvgIpc) is 4.17. The predicted octanol–water partition coefficient (Wildman–Crippen LogP) is 0.0762. The number of nitrogen functional groups attached to an aromatic ring is 2. The molecule has 9 rings (SSSR count). The number of aromatic nitrogens is 15. The Kier molecular flexibility index (Phi) is 18.6. The SMILES string of the molecule is CCOC(C)n1cc(-c2nc(N)nn3c(C(N)=O)ccc23)cn1.CCOC(C)n1cc(-c2nc(NC(=O)OC)nn3c(C#N)ccc23)cn1.Cl.NC(=O)c1ccc2c(-c3cn[nH]c3)nc(N)nn12.[Na+].[OH-]. The van der Waals surface area contributed by atoms with Gasteiger partial charge in [0.25, 0.3) is 17.8 Å². The fourth-order valence-corrected chi connectivity index (χ4v) is 6.65. The number of carbonyl (C=O) groups is 3. The van der Waals surface area contributed by atoms with Crippen molar-refractivity contribution in [1.29, 1.82) is 5.26 Å². The number of primary amides is 2. The second-order valence-corrected chi connectivity index (χ2v) is 13.9. The van der Waals surface area contributed by atoms with Crippen LogP contribution in [0.2, 0.25) is 0 Å². The van der Waals surface area contributed by atoms with E-state index in [0.717, 1.165) is 11.1 Å². The van der Waals surface area contributed by atoms with E-state index >= 15 is 0 Å². The van der Waals surface area contributed by atoms with Gasteiger partial charge in [-0.05, 0) is 64.1 Å². The number of carbonyl (C=O) groups excluding carboxylic acids is 3. The maximum absolute atomic E-state index is 11.5. The topological polar surface area (TPSA) is 404 Å². The number of methoxy groups -OCH3 is 1. The van der Waals surface area contributed by atoms with Gasteiger partial charge in [0.05, 0.1) is 42.3 Å². The molecule has 9 aromatic rings. The van der Waals surface area contributed by atoms with E-state index in [9.17, 15) is 19.6 Å². The number of nitrogens with zero attached hydrogens (tertiary/aromatic N) is 15. The number of nitriles is 1. The van der Waals surface area contributed by atoms with Gasteiger partial charge in [0.1, 0.15) is 52.7 Å². The number of H-pyrrole nitrogens is 1. The number of hydrogen-bond acceptors (Lipinski definition) is 19. The maximum Gasteiger partial charge on any atom is 1.00 e. The third-order valence-electron chi connectivity index (χ3n) is 9.67. The molecule has 0 aliphatic heterocycles. The molecular weight excluding hydrogens is 945 g/mol. The van der Waals surface area contributed by atoms with Crippen LogP contribution >= 0.6 is 12.4 Å². The van der Waals surface area contributed by atoms with Gasteiger partial charge in [-0.3, -0.25) is 20.0 Å². The van der Waals surface area contributed by atoms with Gasteiger partial charge in [-0.2, -0.15) is 20.6 Å². The van der Waals surface area contributed by atoms with Crippen LogP contribution in [0.25, 0.3) is 50.3 Å². The third kappa shape index (κ3) is 11.6. The minimum absolute atomic E-state index is 0. The van der Waals surface area contributed by atoms with Gasteiger partial charge >= 0.3 is 35.7 Å². The first-order valence-corrected chi connectivity index (χ1v) is 20.1. The predicted molar refractivity (Wildman–Crippen MR) is 247 cm³/mol. The number of fused-ring (bicyclic) bond motifs is 3. The maximum atomic E-state index is 11.5. The standard InChI is InChI=1S/C16H17N7O3.C14H17N7O2.C10H9N7O.ClH.Na.H2O/c1-4-26-10(2)22-9-11(8-18-22)14-13-6-5-12(7-17)23(13)21-15(19-14)20-16(24)25-3;1-3-23-8(2)20-7-9(6-17-20)12-10-4-5-11(13(15)22)21(10)19-14(16)18-12;11-9(18)7-2-1-6-8(5-3-13-14-4-5)15-10(12)16-17(6)7;;;/h5-6,8-10H,4H2,1-3H3,(H,20,21,24);4-8H,3H2,1-2H3,(H2,15,22)(H2,16,19);1-4H,(H2,11,18)(H2,12,16)(H,13,14);1H;;1H2/q;;;;+1;/p-1. The zero-order valence-electron chi connectivity index (χ0n) is 38.3. The van der Waals surface area contributed by atoms with Crippen molar-refractivity contribution >= 4 is 64.7 Å². The van der Waals surface area contributed by atoms with Crippen LogP contribution in [0.4, 0.5) is 22.6 Å². The van der Waals surface area contributed by atoms with E-state index in [0.29, 0.717) is 58.1 Å². The molecule has 0 saturated heterocycles. The Labute approximate surface area is 424 Å². The molecule has 0 aliphatic carbocycles. The molecule has 9 heterocycles. The van der Waals surface area contributed by atoms with Crippen molar-refractivity contribution in [1.82, 2.24) is 73.6 Å². The van der Waals surface area contributed by atoms with Gasteiger partial charge in [-0.25, -0.2) is 42.7 Å². The molecule has 70 heavy (non-hydrogen) atoms. The molecule has 360 valence electrons. The Balaban J connectivity index is 0.000000227. The monoisotopic (exact) mass is 989 g/mol. The quantitative estimate of drug-likeness (QED) is 0.0882. The zero-order chi connectivity index (χ0) is 47.9. The smallest absolute Gasteiger partial charge is 0.870 e. The number of nitrogens with two attached hydrogens (primary N) is 4. The van der Waals surface area contributed by atoms with E-state index < -0.39 is 17.9 Å². The summed E-state index contributed by atoms with van der Waals surface area (Å²) in [4.78, 5) is 47.0. The van der Waals surface area contributed by atoms with E-state index in [2.05, 4.69) is 66.8 Å². The van der Waals surface area contributed by atoms with Crippen LogP contribution in [0.5, 0.6) is 0 Å². The Morgan fingerprint density at radius 1 is 0.729 bits per heavy atom. The van der Waals surface area contributed by atoms with Crippen LogP contribution in [0.15, 0.2) is 73.6 Å². The Bertz CT molecular complexity index is 3280. The molecule has 0 aromatic carbocycles. The molecule has 3 amide bonds. The normalized spacial score (nSPS) is 11.4. The van der Waals surface area contributed by atoms with Crippen LogP contribution in [0.1, 0.15) is 66.8 Å². The molecule has 28 nitrogen and oxygen atoms in total. The molecule has 0 saturated carbocycles. The van der Waals surface area contributed by atoms with E-state index in [-0.39, 0.29) is 89.1 Å². The third-order valence-corrected chi connectivity index (χ3v) is 9.67. The summed E-state index contributed by atoms with van der Waals surface area (Å²) < 4.78 is 23.1. The largest absolute Gasteiger partial charge is 1.00 e. The Hall–Kier alpha value is -8.04. The number of aromatic amines is 1. The first-order valence-electron chi connectivity index (χ1n) is 20.1. The van der Waals surface area contributed by atoms with Crippen LogP contribution in [0.3, 0.4) is 0 Å². The van der Waals surface area contributed by atoms with Crippen molar-refractivity contribution in [2.45, 2.75) is 40.2 Å². The minimum Gasteiger partial charge on any atom is -0.870 e. The first kappa shape index (κ1) is 54.6. The summed E-state index contributed by atoms with van der Waals surface area (Å²) >= 11 is 0. The fourth-order valence-electron chi connectivity index (χ4n) is 6.65. The van der Waals surface area contributed by atoms with Gasteiger partial charge < -0.3 is 42.6 Å². The van der Waals surface area contributed by atoms with E-state index in [4.69, 9.17) is 32.4 Å². The summed E-state index contributed by atoms with van der Waals surface area (Å²) in [6.45, 7) is 8.75. The molecule has 2 unspecified atom stereocenters. The van der Waals surface area contributed by atoms with Gasteiger partial charge in [0.2, 0.25) is 11.9 Å². The molecule has 0 spiro atoms. The Morgan fingerprint density at radius 2 is 1.20 bits per heavy atom. The molecule has 2 atom stereocenters. The van der Waals surface area contributed by atoms with Crippen LogP contribution < -0.4 is 57.8 Å². The summed E-state index contributed by atoms with van der Waals surface area (Å²) in [6.07, 6.45) is 9.03. The number of amides is 3. The van der Waals surface area contributed by atoms with Gasteiger partial charge in [0.15, 0.2) is 0 Å². The molecule has 0 aliphatic rings. The number of hydrogen-bond donors (Lipinski definition) is 6. The van der Waals surface area contributed by atoms with Crippen LogP contribution in [-0.4, -0.2) is 117 Å². The number of anilines is 3. The van der Waals surface area contributed by atoms with E-state index in [1.807, 2.05) is 27.7 Å². The van der Waals surface area contributed by atoms with Crippen LogP contribution in [-0.2, 0) is 14.2 Å². The van der Waals surface area contributed by atoms with Crippen molar-refractivity contribution in [2.24, 2.45) is 11.5 Å². The molecule has 0 fully saturated rings. The first-order chi connectivity index (χ1) is 32.2. The van der Waals surface area contributed by atoms with Crippen molar-refractivity contribution in [2.75, 3.05) is 37.1 Å². The van der Waals surface area contributed by atoms with Crippen molar-refractivity contribution in [3.8, 4) is 39.8 Å². The number of ether oxygens (including phenoxy) is 3. The van der Waals surface area contributed by atoms with Crippen molar-refractivity contribution in [3.05, 3.63) is 90.7 Å². The van der Waals surface area contributed by atoms with Gasteiger partial charge in [-0.15, -0.1) is 27.7 Å². The van der Waals surface area contributed by atoms with Gasteiger partial charge in [-0.1, -0.05) is 0 Å². The van der Waals surface area contributed by atoms with Crippen LogP contribution in [0, 0.1) is 11.3 Å². The van der Waals surface area contributed by atoms with E-state index in [1.165, 1.54) is 20.7 Å². The Morgan fingerprint density at radius 3 is 1.64 bits per heavy atom. The summed E-state index contributed by atoms with van der Waals surface area (Å²) in [5.74, 6) is -1.06. The summed E-state index contributed by atoms with van der Waals surface area (Å²) in [6, 6.07) is 12.0. The summed E-state index contributed by atoms with van der Waals surface area (Å²) in [5.41, 5.74) is 28.5. The molecule has 0 bridgehead atoms. The molecular formula is C40H45ClN21NaO7. The van der Waals surface area contributed by atoms with Gasteiger partial charge in [0, 0.05) is 48.5 Å². The average molecular weight is 990 g/mol. The second kappa shape index (κ2) is 23.8. The van der Waals surface area contributed by atoms with Crippen molar-refractivity contribution in [3.63, 3.8) is 0 Å². The molecule has 0 radical (unpaired) electrons. The second-order valence-electron chi connectivity index (χ2n) is 13.9. The number of nitrogens with one attached hydrogen (secondary N) is 2. The molecule has 30 heteroatoms. The van der Waals surface area contributed by atoms with E-state index in [1.54, 1.807) is 82.9 Å². The number of rotatable bonds is 12. The summed E-state index contributed by atoms with van der Waals surface area (Å²) in [5, 5.41) is 39.0. The summed E-state index contributed by atoms with van der Waals surface area (Å²) in [7, 11) is 1.24. The van der Waals surface area contributed by atoms with Crippen molar-refractivity contribution < 1.29 is 63.6 Å².